The molecule has 0 aliphatic heterocycles. The normalized spacial score (nSPS) is 11.5. The number of carbonyl (C=O) groups excluding carboxylic acids is 1. The number of anilines is 3. The number of benzene rings is 3. The van der Waals surface area contributed by atoms with Crippen molar-refractivity contribution in [1.29, 1.82) is 0 Å². The largest absolute Gasteiger partial charge is 0.324 e. The van der Waals surface area contributed by atoms with Crippen LogP contribution in [0.2, 0.25) is 5.02 Å². The second-order valence-corrected chi connectivity index (χ2v) is 12.1. The van der Waals surface area contributed by atoms with Crippen LogP contribution in [0.3, 0.4) is 0 Å². The van der Waals surface area contributed by atoms with Gasteiger partial charge in [-0.25, -0.2) is 23.4 Å². The summed E-state index contributed by atoms with van der Waals surface area (Å²) in [6, 6.07) is 23.8. The fourth-order valence-corrected chi connectivity index (χ4v) is 5.31. The topological polar surface area (TPSA) is 131 Å². The number of carbonyl (C=O) groups is 1. The van der Waals surface area contributed by atoms with E-state index >= 15 is 0 Å². The van der Waals surface area contributed by atoms with Crippen molar-refractivity contribution in [3.05, 3.63) is 107 Å². The minimum absolute atomic E-state index is 0.00950. The minimum atomic E-state index is -3.10. The summed E-state index contributed by atoms with van der Waals surface area (Å²) in [6.45, 7) is 0.814. The lowest BCUT2D eigenvalue weighted by atomic mass is 10.1. The average Bonchev–Trinajstić information content (AvgIpc) is 3.26. The third-order valence-electron chi connectivity index (χ3n) is 6.09. The SMILES string of the molecule is CS(=O)(=O)Cc1ccc(Nc2nccc(CNCn3c(NC(=O)Cc4cccc(Cl)c4)nc4ccccc43)n2)cc1. The van der Waals surface area contributed by atoms with Gasteiger partial charge in [0.15, 0.2) is 9.84 Å². The van der Waals surface area contributed by atoms with Crippen molar-refractivity contribution >= 4 is 56.0 Å². The molecular weight excluding hydrogens is 562 g/mol. The summed E-state index contributed by atoms with van der Waals surface area (Å²) in [5, 5.41) is 10.0. The monoisotopic (exact) mass is 589 g/mol. The van der Waals surface area contributed by atoms with Gasteiger partial charge in [0.25, 0.3) is 0 Å². The van der Waals surface area contributed by atoms with Gasteiger partial charge in [0.1, 0.15) is 0 Å². The van der Waals surface area contributed by atoms with E-state index in [1.165, 1.54) is 6.26 Å². The van der Waals surface area contributed by atoms with Gasteiger partial charge in [-0.05, 0) is 53.6 Å². The summed E-state index contributed by atoms with van der Waals surface area (Å²) >= 11 is 6.06. The van der Waals surface area contributed by atoms with Crippen molar-refractivity contribution in [2.45, 2.75) is 25.4 Å². The maximum absolute atomic E-state index is 12.8. The van der Waals surface area contributed by atoms with Crippen LogP contribution in [0.5, 0.6) is 0 Å². The summed E-state index contributed by atoms with van der Waals surface area (Å²) < 4.78 is 24.9. The van der Waals surface area contributed by atoms with Gasteiger partial charge in [-0.1, -0.05) is 48.0 Å². The second kappa shape index (κ2) is 12.5. The predicted molar refractivity (Wildman–Crippen MR) is 161 cm³/mol. The standard InChI is InChI=1S/C29H28ClN7O3S/c1-41(39,40)18-20-9-11-23(12-10-20)33-28-32-14-13-24(34-28)17-31-19-37-26-8-3-2-7-25(26)35-29(37)36-27(38)16-21-5-4-6-22(30)15-21/h2-15,31H,16-19H2,1H3,(H,32,33,34)(H,35,36,38). The van der Waals surface area contributed by atoms with E-state index in [0.717, 1.165) is 28.0 Å². The van der Waals surface area contributed by atoms with Crippen molar-refractivity contribution in [1.82, 2.24) is 24.8 Å². The van der Waals surface area contributed by atoms with Crippen LogP contribution >= 0.6 is 11.6 Å². The quantitative estimate of drug-likeness (QED) is 0.202. The molecule has 0 radical (unpaired) electrons. The van der Waals surface area contributed by atoms with Crippen molar-refractivity contribution < 1.29 is 13.2 Å². The third-order valence-corrected chi connectivity index (χ3v) is 7.18. The zero-order valence-electron chi connectivity index (χ0n) is 22.2. The molecule has 5 aromatic rings. The molecule has 0 aliphatic carbocycles. The molecule has 12 heteroatoms. The summed E-state index contributed by atoms with van der Waals surface area (Å²) in [4.78, 5) is 26.3. The first-order valence-electron chi connectivity index (χ1n) is 12.8. The van der Waals surface area contributed by atoms with Gasteiger partial charge in [-0.15, -0.1) is 0 Å². The van der Waals surface area contributed by atoms with Crippen molar-refractivity contribution in [2.75, 3.05) is 16.9 Å². The Balaban J connectivity index is 1.23. The smallest absolute Gasteiger partial charge is 0.231 e. The number of amides is 1. The van der Waals surface area contributed by atoms with Gasteiger partial charge >= 0.3 is 0 Å². The van der Waals surface area contributed by atoms with Crippen LogP contribution in [0.4, 0.5) is 17.6 Å². The lowest BCUT2D eigenvalue weighted by molar-refractivity contribution is -0.115. The van der Waals surface area contributed by atoms with E-state index in [1.807, 2.05) is 47.0 Å². The highest BCUT2D eigenvalue weighted by atomic mass is 35.5. The van der Waals surface area contributed by atoms with E-state index in [-0.39, 0.29) is 18.1 Å². The first-order valence-corrected chi connectivity index (χ1v) is 15.2. The van der Waals surface area contributed by atoms with Crippen LogP contribution in [-0.4, -0.2) is 40.1 Å². The predicted octanol–water partition coefficient (Wildman–Crippen LogP) is 4.70. The van der Waals surface area contributed by atoms with Crippen LogP contribution in [0.25, 0.3) is 11.0 Å². The molecule has 3 aromatic carbocycles. The molecule has 0 fully saturated rings. The van der Waals surface area contributed by atoms with Crippen LogP contribution in [0.1, 0.15) is 16.8 Å². The van der Waals surface area contributed by atoms with E-state index in [9.17, 15) is 13.2 Å². The first kappa shape index (κ1) is 28.2. The zero-order chi connectivity index (χ0) is 28.8. The molecule has 0 saturated heterocycles. The molecule has 0 bridgehead atoms. The fourth-order valence-electron chi connectivity index (χ4n) is 4.30. The number of imidazole rings is 1. The maximum Gasteiger partial charge on any atom is 0.231 e. The Kier molecular flexibility index (Phi) is 8.58. The number of para-hydroxylation sites is 2. The zero-order valence-corrected chi connectivity index (χ0v) is 23.8. The van der Waals surface area contributed by atoms with Crippen LogP contribution in [0.15, 0.2) is 85.1 Å². The fraction of sp³-hybridized carbons (Fsp3) is 0.172. The molecular formula is C29H28ClN7O3S. The number of fused-ring (bicyclic) bond motifs is 1. The highest BCUT2D eigenvalue weighted by molar-refractivity contribution is 7.89. The lowest BCUT2D eigenvalue weighted by Gasteiger charge is -2.12. The van der Waals surface area contributed by atoms with Crippen molar-refractivity contribution in [3.8, 4) is 0 Å². The Hall–Kier alpha value is -4.32. The van der Waals surface area contributed by atoms with Crippen molar-refractivity contribution in [3.63, 3.8) is 0 Å². The molecule has 1 amide bonds. The number of hydrogen-bond donors (Lipinski definition) is 3. The summed E-state index contributed by atoms with van der Waals surface area (Å²) in [7, 11) is -3.10. The average molecular weight is 590 g/mol. The molecule has 2 heterocycles. The molecule has 210 valence electrons. The number of rotatable bonds is 11. The highest BCUT2D eigenvalue weighted by Gasteiger charge is 2.14. The Bertz CT molecular complexity index is 1790. The number of sulfone groups is 1. The Morgan fingerprint density at radius 1 is 0.951 bits per heavy atom. The van der Waals surface area contributed by atoms with E-state index in [0.29, 0.717) is 35.7 Å². The van der Waals surface area contributed by atoms with E-state index in [2.05, 4.69) is 30.9 Å². The Morgan fingerprint density at radius 2 is 1.76 bits per heavy atom. The number of nitrogens with one attached hydrogen (secondary N) is 3. The minimum Gasteiger partial charge on any atom is -0.324 e. The molecule has 10 nitrogen and oxygen atoms in total. The molecule has 2 aromatic heterocycles. The van der Waals surface area contributed by atoms with Gasteiger partial charge in [-0.3, -0.25) is 20.0 Å². The number of hydrogen-bond acceptors (Lipinski definition) is 8. The van der Waals surface area contributed by atoms with Crippen molar-refractivity contribution in [2.24, 2.45) is 0 Å². The van der Waals surface area contributed by atoms with Gasteiger partial charge in [0, 0.05) is 29.7 Å². The summed E-state index contributed by atoms with van der Waals surface area (Å²) in [6.07, 6.45) is 3.05. The molecule has 0 saturated carbocycles. The highest BCUT2D eigenvalue weighted by Crippen LogP contribution is 2.20. The maximum atomic E-state index is 12.8. The van der Waals surface area contributed by atoms with Crippen LogP contribution < -0.4 is 16.0 Å². The molecule has 3 N–H and O–H groups in total. The van der Waals surface area contributed by atoms with Gasteiger partial charge in [0.05, 0.1) is 35.6 Å². The Labute approximate surface area is 242 Å². The number of nitrogens with zero attached hydrogens (tertiary/aromatic N) is 4. The molecule has 5 rings (SSSR count). The lowest BCUT2D eigenvalue weighted by Crippen LogP contribution is -2.23. The second-order valence-electron chi connectivity index (χ2n) is 9.56. The first-order chi connectivity index (χ1) is 19.7. The third kappa shape index (κ3) is 7.88. The van der Waals surface area contributed by atoms with Gasteiger partial charge < -0.3 is 5.32 Å². The number of halogens is 1. The molecule has 41 heavy (non-hydrogen) atoms. The van der Waals surface area contributed by atoms with Gasteiger partial charge in [-0.2, -0.15) is 0 Å². The molecule has 0 unspecified atom stereocenters. The van der Waals surface area contributed by atoms with E-state index in [4.69, 9.17) is 11.6 Å². The summed E-state index contributed by atoms with van der Waals surface area (Å²) in [5.74, 6) is 0.654. The van der Waals surface area contributed by atoms with Crippen LogP contribution in [-0.2, 0) is 40.0 Å². The molecule has 0 aliphatic rings. The number of aromatic nitrogens is 4. The van der Waals surface area contributed by atoms with E-state index in [1.54, 1.807) is 42.6 Å². The summed E-state index contributed by atoms with van der Waals surface area (Å²) in [5.41, 5.74) is 4.67. The van der Waals surface area contributed by atoms with E-state index < -0.39 is 9.84 Å². The molecule has 0 spiro atoms. The van der Waals surface area contributed by atoms with Crippen LogP contribution in [0, 0.1) is 0 Å². The van der Waals surface area contributed by atoms with Gasteiger partial charge in [0.2, 0.25) is 17.8 Å². The Morgan fingerprint density at radius 3 is 2.54 bits per heavy atom. The molecule has 0 atom stereocenters.